The molecule has 5 nitrogen and oxygen atoms in total. The van der Waals surface area contributed by atoms with E-state index < -0.39 is 13.2 Å². The van der Waals surface area contributed by atoms with Gasteiger partial charge in [0.05, 0.1) is 5.30 Å². The molecule has 0 saturated carbocycles. The van der Waals surface area contributed by atoms with Crippen molar-refractivity contribution in [1.82, 2.24) is 0 Å². The van der Waals surface area contributed by atoms with Crippen LogP contribution in [0.2, 0.25) is 0 Å². The molecule has 0 fully saturated rings. The SMILES string of the molecule is O=c1ccc2cc(P(=O)(O)O)ccc2o1. The number of hydrogen-bond acceptors (Lipinski definition) is 3. The molecule has 1 heterocycles. The van der Waals surface area contributed by atoms with Gasteiger partial charge in [0.25, 0.3) is 0 Å². The van der Waals surface area contributed by atoms with Gasteiger partial charge in [-0.1, -0.05) is 0 Å². The van der Waals surface area contributed by atoms with Crippen LogP contribution in [0.25, 0.3) is 11.0 Å². The standard InChI is InChI=1S/C9H7O5P/c10-9-4-1-6-5-7(15(11,12)13)2-3-8(6)14-9/h1-5H,(H2,11,12,13). The molecule has 0 atom stereocenters. The average Bonchev–Trinajstić information content (AvgIpc) is 2.15. The zero-order valence-corrected chi connectivity index (χ0v) is 8.35. The zero-order chi connectivity index (χ0) is 11.1. The van der Waals surface area contributed by atoms with Crippen LogP contribution in [-0.4, -0.2) is 9.79 Å². The summed E-state index contributed by atoms with van der Waals surface area (Å²) < 4.78 is 15.8. The highest BCUT2D eigenvalue weighted by molar-refractivity contribution is 7.60. The third-order valence-electron chi connectivity index (χ3n) is 1.94. The van der Waals surface area contributed by atoms with Gasteiger partial charge in [0.2, 0.25) is 0 Å². The van der Waals surface area contributed by atoms with E-state index in [0.717, 1.165) is 0 Å². The highest BCUT2D eigenvalue weighted by Crippen LogP contribution is 2.33. The normalized spacial score (nSPS) is 11.9. The maximum atomic E-state index is 10.9. The van der Waals surface area contributed by atoms with E-state index in [0.29, 0.717) is 11.0 Å². The number of benzene rings is 1. The molecule has 2 N–H and O–H groups in total. The third-order valence-corrected chi connectivity index (χ3v) is 2.89. The fraction of sp³-hybridized carbons (Fsp3) is 0. The van der Waals surface area contributed by atoms with Gasteiger partial charge in [0.15, 0.2) is 0 Å². The summed E-state index contributed by atoms with van der Waals surface area (Å²) in [7, 11) is -4.25. The Morgan fingerprint density at radius 3 is 2.53 bits per heavy atom. The lowest BCUT2D eigenvalue weighted by atomic mass is 10.2. The van der Waals surface area contributed by atoms with Crippen LogP contribution in [-0.2, 0) is 4.57 Å². The molecule has 6 heteroatoms. The molecule has 2 aromatic rings. The largest absolute Gasteiger partial charge is 0.423 e. The smallest absolute Gasteiger partial charge is 0.356 e. The number of hydrogen-bond donors (Lipinski definition) is 2. The van der Waals surface area contributed by atoms with Gasteiger partial charge in [0, 0.05) is 11.5 Å². The highest BCUT2D eigenvalue weighted by atomic mass is 31.2. The minimum absolute atomic E-state index is 0.0937. The Morgan fingerprint density at radius 2 is 1.87 bits per heavy atom. The quantitative estimate of drug-likeness (QED) is 0.549. The van der Waals surface area contributed by atoms with Gasteiger partial charge in [-0.25, -0.2) is 4.79 Å². The van der Waals surface area contributed by atoms with Crippen molar-refractivity contribution in [3.63, 3.8) is 0 Å². The molecule has 0 radical (unpaired) electrons. The maximum absolute atomic E-state index is 10.9. The van der Waals surface area contributed by atoms with E-state index in [4.69, 9.17) is 14.2 Å². The highest BCUT2D eigenvalue weighted by Gasteiger charge is 2.17. The molecular weight excluding hydrogens is 219 g/mol. The van der Waals surface area contributed by atoms with Crippen molar-refractivity contribution >= 4 is 23.9 Å². The van der Waals surface area contributed by atoms with Crippen LogP contribution < -0.4 is 10.9 Å². The molecule has 0 aliphatic heterocycles. The minimum Gasteiger partial charge on any atom is -0.423 e. The Kier molecular flexibility index (Phi) is 2.23. The molecule has 0 unspecified atom stereocenters. The maximum Gasteiger partial charge on any atom is 0.356 e. The van der Waals surface area contributed by atoms with Crippen LogP contribution >= 0.6 is 7.60 Å². The zero-order valence-electron chi connectivity index (χ0n) is 7.45. The van der Waals surface area contributed by atoms with E-state index in [1.165, 1.54) is 30.3 Å². The second-order valence-corrected chi connectivity index (χ2v) is 4.63. The molecule has 1 aromatic heterocycles. The van der Waals surface area contributed by atoms with E-state index in [-0.39, 0.29) is 5.30 Å². The van der Waals surface area contributed by atoms with E-state index in [2.05, 4.69) is 0 Å². The average molecular weight is 226 g/mol. The predicted molar refractivity (Wildman–Crippen MR) is 54.2 cm³/mol. The van der Waals surface area contributed by atoms with Gasteiger partial charge in [-0.05, 0) is 24.3 Å². The molecule has 15 heavy (non-hydrogen) atoms. The van der Waals surface area contributed by atoms with Gasteiger partial charge in [-0.2, -0.15) is 0 Å². The van der Waals surface area contributed by atoms with Crippen LogP contribution in [0, 0.1) is 0 Å². The first kappa shape index (κ1) is 10.1. The van der Waals surface area contributed by atoms with E-state index in [1.807, 2.05) is 0 Å². The Hall–Kier alpha value is -1.42. The van der Waals surface area contributed by atoms with Crippen molar-refractivity contribution in [2.45, 2.75) is 0 Å². The molecule has 0 bridgehead atoms. The van der Waals surface area contributed by atoms with E-state index in [9.17, 15) is 9.36 Å². The molecule has 0 amide bonds. The Balaban J connectivity index is 2.73. The van der Waals surface area contributed by atoms with Gasteiger partial charge in [0.1, 0.15) is 5.58 Å². The molecule has 1 aromatic carbocycles. The lowest BCUT2D eigenvalue weighted by molar-refractivity contribution is 0.387. The summed E-state index contributed by atoms with van der Waals surface area (Å²) in [4.78, 5) is 28.7. The van der Waals surface area contributed by atoms with Crippen LogP contribution in [0.3, 0.4) is 0 Å². The first-order valence-corrected chi connectivity index (χ1v) is 5.68. The molecule has 0 aliphatic rings. The van der Waals surface area contributed by atoms with Crippen LogP contribution in [0.1, 0.15) is 0 Å². The van der Waals surface area contributed by atoms with Crippen LogP contribution in [0.4, 0.5) is 0 Å². The summed E-state index contributed by atoms with van der Waals surface area (Å²) in [6.45, 7) is 0. The van der Waals surface area contributed by atoms with Crippen molar-refractivity contribution in [3.05, 3.63) is 40.8 Å². The first-order valence-electron chi connectivity index (χ1n) is 4.07. The molecular formula is C9H7O5P. The predicted octanol–water partition coefficient (Wildman–Crippen LogP) is 0.596. The lowest BCUT2D eigenvalue weighted by Gasteiger charge is -2.03. The Bertz CT molecular complexity index is 609. The lowest BCUT2D eigenvalue weighted by Crippen LogP contribution is -2.04. The van der Waals surface area contributed by atoms with Crippen molar-refractivity contribution < 1.29 is 18.8 Å². The van der Waals surface area contributed by atoms with Crippen molar-refractivity contribution in [2.24, 2.45) is 0 Å². The van der Waals surface area contributed by atoms with Crippen molar-refractivity contribution in [3.8, 4) is 0 Å². The molecule has 0 spiro atoms. The fourth-order valence-corrected chi connectivity index (χ4v) is 1.82. The Labute approximate surface area is 84.1 Å². The monoisotopic (exact) mass is 226 g/mol. The van der Waals surface area contributed by atoms with Gasteiger partial charge in [-0.15, -0.1) is 0 Å². The van der Waals surface area contributed by atoms with E-state index >= 15 is 0 Å². The van der Waals surface area contributed by atoms with Crippen molar-refractivity contribution in [2.75, 3.05) is 0 Å². The summed E-state index contributed by atoms with van der Waals surface area (Å²) >= 11 is 0. The van der Waals surface area contributed by atoms with Crippen molar-refractivity contribution in [1.29, 1.82) is 0 Å². The first-order chi connectivity index (χ1) is 6.97. The van der Waals surface area contributed by atoms with E-state index in [1.54, 1.807) is 0 Å². The third kappa shape index (κ3) is 1.99. The summed E-state index contributed by atoms with van der Waals surface area (Å²) in [6.07, 6.45) is 0. The molecule has 0 aliphatic carbocycles. The second kappa shape index (κ2) is 3.31. The van der Waals surface area contributed by atoms with Crippen LogP contribution in [0.15, 0.2) is 39.5 Å². The summed E-state index contributed by atoms with van der Waals surface area (Å²) in [6, 6.07) is 6.57. The molecule has 2 rings (SSSR count). The van der Waals surface area contributed by atoms with Gasteiger partial charge >= 0.3 is 13.2 Å². The summed E-state index contributed by atoms with van der Waals surface area (Å²) in [5.74, 6) is 0. The fourth-order valence-electron chi connectivity index (χ4n) is 1.24. The second-order valence-electron chi connectivity index (χ2n) is 3.02. The minimum atomic E-state index is -4.25. The summed E-state index contributed by atoms with van der Waals surface area (Å²) in [5, 5.41) is 0.388. The van der Waals surface area contributed by atoms with Gasteiger partial charge in [-0.3, -0.25) is 4.57 Å². The topological polar surface area (TPSA) is 87.7 Å². The summed E-state index contributed by atoms with van der Waals surface area (Å²) in [5.41, 5.74) is -0.189. The number of fused-ring (bicyclic) bond motifs is 1. The Morgan fingerprint density at radius 1 is 1.13 bits per heavy atom. The molecule has 0 saturated heterocycles. The number of rotatable bonds is 1. The van der Waals surface area contributed by atoms with Crippen LogP contribution in [0.5, 0.6) is 0 Å². The molecule has 78 valence electrons. The van der Waals surface area contributed by atoms with Gasteiger partial charge < -0.3 is 14.2 Å².